The molecule has 1 heterocycles. The van der Waals surface area contributed by atoms with Crippen molar-refractivity contribution < 1.29 is 9.18 Å². The van der Waals surface area contributed by atoms with Crippen molar-refractivity contribution in [3.8, 4) is 0 Å². The van der Waals surface area contributed by atoms with Gasteiger partial charge < -0.3 is 4.90 Å². The van der Waals surface area contributed by atoms with Crippen LogP contribution in [-0.4, -0.2) is 11.4 Å². The van der Waals surface area contributed by atoms with E-state index in [-0.39, 0.29) is 23.2 Å². The zero-order valence-corrected chi connectivity index (χ0v) is 15.0. The molecule has 25 heavy (non-hydrogen) atoms. The molecule has 1 atom stereocenters. The topological polar surface area (TPSA) is 20.3 Å². The van der Waals surface area contributed by atoms with Crippen LogP contribution in [0.5, 0.6) is 0 Å². The predicted molar refractivity (Wildman–Crippen MR) is 98.9 cm³/mol. The van der Waals surface area contributed by atoms with E-state index in [0.29, 0.717) is 10.6 Å². The first-order valence-corrected chi connectivity index (χ1v) is 9.28. The number of halogens is 2. The van der Waals surface area contributed by atoms with Crippen LogP contribution in [-0.2, 0) is 0 Å². The number of carbonyl (C=O) groups is 1. The van der Waals surface area contributed by atoms with Crippen molar-refractivity contribution in [3.63, 3.8) is 0 Å². The maximum atomic E-state index is 13.8. The molecule has 0 saturated heterocycles. The Bertz CT molecular complexity index is 828. The normalized spacial score (nSPS) is 21.4. The molecule has 2 aromatic carbocycles. The van der Waals surface area contributed by atoms with Gasteiger partial charge in [0.1, 0.15) is 5.82 Å². The van der Waals surface area contributed by atoms with Gasteiger partial charge in [0.25, 0.3) is 5.91 Å². The number of rotatable bonds is 1. The first-order valence-electron chi connectivity index (χ1n) is 8.90. The molecule has 130 valence electrons. The Kier molecular flexibility index (Phi) is 4.07. The molecule has 0 radical (unpaired) electrons. The Hall–Kier alpha value is -1.87. The van der Waals surface area contributed by atoms with Gasteiger partial charge in [-0.25, -0.2) is 4.39 Å². The molecule has 2 aromatic rings. The number of carbonyl (C=O) groups excluding carboxylic acids is 1. The van der Waals surface area contributed by atoms with Crippen molar-refractivity contribution in [2.45, 2.75) is 50.5 Å². The molecule has 4 heteroatoms. The number of anilines is 1. The zero-order chi connectivity index (χ0) is 17.6. The van der Waals surface area contributed by atoms with Gasteiger partial charge in [-0.2, -0.15) is 0 Å². The van der Waals surface area contributed by atoms with E-state index in [1.54, 1.807) is 24.3 Å². The highest BCUT2D eigenvalue weighted by molar-refractivity contribution is 6.34. The molecule has 1 aliphatic carbocycles. The highest BCUT2D eigenvalue weighted by Crippen LogP contribution is 2.51. The smallest absolute Gasteiger partial charge is 0.260 e. The first-order chi connectivity index (χ1) is 12.0. The second-order valence-corrected chi connectivity index (χ2v) is 7.77. The van der Waals surface area contributed by atoms with Crippen molar-refractivity contribution >= 4 is 23.2 Å². The van der Waals surface area contributed by atoms with E-state index in [4.69, 9.17) is 11.6 Å². The highest BCUT2D eigenvalue weighted by atomic mass is 35.5. The van der Waals surface area contributed by atoms with Gasteiger partial charge >= 0.3 is 0 Å². The lowest BCUT2D eigenvalue weighted by atomic mass is 9.76. The minimum Gasteiger partial charge on any atom is -0.302 e. The maximum absolute atomic E-state index is 13.8. The van der Waals surface area contributed by atoms with Crippen LogP contribution < -0.4 is 4.90 Å². The van der Waals surface area contributed by atoms with Crippen LogP contribution in [0, 0.1) is 5.82 Å². The summed E-state index contributed by atoms with van der Waals surface area (Å²) in [5.41, 5.74) is 2.09. The number of amides is 1. The quantitative estimate of drug-likeness (QED) is 0.618. The van der Waals surface area contributed by atoms with Gasteiger partial charge in [-0.1, -0.05) is 43.5 Å². The molecule has 1 amide bonds. The van der Waals surface area contributed by atoms with Crippen LogP contribution in [0.4, 0.5) is 10.1 Å². The molecular weight excluding hydrogens is 337 g/mol. The van der Waals surface area contributed by atoms with Crippen molar-refractivity contribution in [2.24, 2.45) is 0 Å². The lowest BCUT2D eigenvalue weighted by Crippen LogP contribution is -2.54. The summed E-state index contributed by atoms with van der Waals surface area (Å²) < 4.78 is 13.8. The first kappa shape index (κ1) is 16.6. The average Bonchev–Trinajstić information content (AvgIpc) is 3.04. The van der Waals surface area contributed by atoms with Crippen LogP contribution in [0.25, 0.3) is 0 Å². The predicted octanol–water partition coefficient (Wildman–Crippen LogP) is 5.95. The molecule has 1 fully saturated rings. The van der Waals surface area contributed by atoms with Gasteiger partial charge in [0, 0.05) is 11.2 Å². The summed E-state index contributed by atoms with van der Waals surface area (Å²) in [5, 5.41) is 0.461. The van der Waals surface area contributed by atoms with Gasteiger partial charge in [0.15, 0.2) is 0 Å². The molecule has 0 bridgehead atoms. The van der Waals surface area contributed by atoms with E-state index in [1.165, 1.54) is 6.07 Å². The van der Waals surface area contributed by atoms with Crippen molar-refractivity contribution in [3.05, 3.63) is 64.4 Å². The van der Waals surface area contributed by atoms with Crippen LogP contribution in [0.15, 0.2) is 42.5 Å². The standard InChI is InChI=1S/C21H21ClFNO/c1-14-13-21(10-4-5-11-21)24(19-9-8-15(23)12-17(14)19)20(25)16-6-2-3-7-18(16)22/h2-3,6-9,12,14H,4-5,10-11,13H2,1H3. The van der Waals surface area contributed by atoms with Gasteiger partial charge in [-0.3, -0.25) is 4.79 Å². The van der Waals surface area contributed by atoms with Gasteiger partial charge in [0.05, 0.1) is 10.6 Å². The third kappa shape index (κ3) is 2.65. The van der Waals surface area contributed by atoms with E-state index in [9.17, 15) is 9.18 Å². The number of hydrogen-bond acceptors (Lipinski definition) is 1. The average molecular weight is 358 g/mol. The van der Waals surface area contributed by atoms with Crippen molar-refractivity contribution in [1.82, 2.24) is 0 Å². The lowest BCUT2D eigenvalue weighted by molar-refractivity contribution is 0.0943. The number of benzene rings is 2. The van der Waals surface area contributed by atoms with Crippen molar-refractivity contribution in [1.29, 1.82) is 0 Å². The molecule has 1 unspecified atom stereocenters. The van der Waals surface area contributed by atoms with E-state index < -0.39 is 0 Å². The minimum absolute atomic E-state index is 0.0766. The molecule has 1 aliphatic heterocycles. The van der Waals surface area contributed by atoms with Crippen molar-refractivity contribution in [2.75, 3.05) is 4.90 Å². The van der Waals surface area contributed by atoms with Crippen LogP contribution in [0.1, 0.15) is 60.9 Å². The summed E-state index contributed by atoms with van der Waals surface area (Å²) in [5.74, 6) is -0.0931. The Morgan fingerprint density at radius 1 is 1.20 bits per heavy atom. The van der Waals surface area contributed by atoms with E-state index in [1.807, 2.05) is 17.0 Å². The Balaban J connectivity index is 1.89. The second kappa shape index (κ2) is 6.14. The molecule has 2 nitrogen and oxygen atoms in total. The van der Waals surface area contributed by atoms with E-state index >= 15 is 0 Å². The molecule has 1 spiro atoms. The maximum Gasteiger partial charge on any atom is 0.260 e. The molecule has 0 N–H and O–H groups in total. The number of nitrogens with zero attached hydrogens (tertiary/aromatic N) is 1. The lowest BCUT2D eigenvalue weighted by Gasteiger charge is -2.48. The monoisotopic (exact) mass is 357 g/mol. The fourth-order valence-corrected chi connectivity index (χ4v) is 4.91. The third-order valence-corrected chi connectivity index (χ3v) is 6.09. The van der Waals surface area contributed by atoms with E-state index in [2.05, 4.69) is 6.92 Å². The largest absolute Gasteiger partial charge is 0.302 e. The SMILES string of the molecule is CC1CC2(CCCC2)N(C(=O)c2ccccc2Cl)c2ccc(F)cc21. The number of fused-ring (bicyclic) bond motifs is 1. The molecule has 4 rings (SSSR count). The molecular formula is C21H21ClFNO. The summed E-state index contributed by atoms with van der Waals surface area (Å²) in [7, 11) is 0. The second-order valence-electron chi connectivity index (χ2n) is 7.36. The van der Waals surface area contributed by atoms with Gasteiger partial charge in [-0.15, -0.1) is 0 Å². The van der Waals surface area contributed by atoms with Gasteiger partial charge in [-0.05, 0) is 61.1 Å². The third-order valence-electron chi connectivity index (χ3n) is 5.76. The summed E-state index contributed by atoms with van der Waals surface area (Å²) in [6.45, 7) is 2.13. The Morgan fingerprint density at radius 2 is 1.92 bits per heavy atom. The van der Waals surface area contributed by atoms with Gasteiger partial charge in [0.2, 0.25) is 0 Å². The summed E-state index contributed by atoms with van der Waals surface area (Å²) >= 11 is 6.31. The summed E-state index contributed by atoms with van der Waals surface area (Å²) in [4.78, 5) is 15.4. The minimum atomic E-state index is -0.252. The van der Waals surface area contributed by atoms with Crippen LogP contribution >= 0.6 is 11.6 Å². The van der Waals surface area contributed by atoms with Crippen LogP contribution in [0.2, 0.25) is 5.02 Å². The van der Waals surface area contributed by atoms with Crippen LogP contribution in [0.3, 0.4) is 0 Å². The fourth-order valence-electron chi connectivity index (χ4n) is 4.69. The van der Waals surface area contributed by atoms with E-state index in [0.717, 1.165) is 43.4 Å². The summed E-state index contributed by atoms with van der Waals surface area (Å²) in [6.07, 6.45) is 5.10. The molecule has 0 aromatic heterocycles. The molecule has 1 saturated carbocycles. The number of hydrogen-bond donors (Lipinski definition) is 0. The Labute approximate surface area is 152 Å². The molecule has 2 aliphatic rings. The fraction of sp³-hybridized carbons (Fsp3) is 0.381. The summed E-state index contributed by atoms with van der Waals surface area (Å²) in [6, 6.07) is 12.0. The zero-order valence-electron chi connectivity index (χ0n) is 14.3. The highest BCUT2D eigenvalue weighted by Gasteiger charge is 2.48. The Morgan fingerprint density at radius 3 is 2.64 bits per heavy atom.